The molecule has 0 spiro atoms. The number of halogens is 1. The Bertz CT molecular complexity index is 1080. The second-order valence-corrected chi connectivity index (χ2v) is 9.00. The number of amides is 2. The number of hydrogen-bond donors (Lipinski definition) is 1. The van der Waals surface area contributed by atoms with Crippen LogP contribution in [-0.4, -0.2) is 25.0 Å². The van der Waals surface area contributed by atoms with Gasteiger partial charge in [-0.25, -0.2) is 0 Å². The molecule has 5 nitrogen and oxygen atoms in total. The van der Waals surface area contributed by atoms with Crippen molar-refractivity contribution >= 4 is 39.1 Å². The molecule has 2 amide bonds. The summed E-state index contributed by atoms with van der Waals surface area (Å²) in [5.74, 6) is 0.706. The molecule has 3 rings (SSSR count). The standard InChI is InChI=1S/C27H29BrN2O3/c1-4-30(23-8-6-5-7-9-23)27(32)20-10-13-22(14-11-20)29-26(31)24-18-21(28)12-15-25(24)33-17-16-19(2)3/h5-15,18-19H,4,16-17H2,1-3H3,(H,29,31). The summed E-state index contributed by atoms with van der Waals surface area (Å²) in [6.07, 6.45) is 0.907. The van der Waals surface area contributed by atoms with Crippen LogP contribution in [0.1, 0.15) is 47.9 Å². The van der Waals surface area contributed by atoms with E-state index in [-0.39, 0.29) is 11.8 Å². The van der Waals surface area contributed by atoms with Crippen LogP contribution in [0.3, 0.4) is 0 Å². The number of rotatable bonds is 9. The number of nitrogens with one attached hydrogen (secondary N) is 1. The Morgan fingerprint density at radius 2 is 1.70 bits per heavy atom. The van der Waals surface area contributed by atoms with Gasteiger partial charge in [0.25, 0.3) is 11.8 Å². The number of ether oxygens (including phenoxy) is 1. The largest absolute Gasteiger partial charge is 0.493 e. The van der Waals surface area contributed by atoms with Gasteiger partial charge >= 0.3 is 0 Å². The molecule has 33 heavy (non-hydrogen) atoms. The second kappa shape index (κ2) is 11.7. The van der Waals surface area contributed by atoms with Crippen LogP contribution in [0.2, 0.25) is 0 Å². The molecule has 0 atom stereocenters. The van der Waals surface area contributed by atoms with E-state index in [9.17, 15) is 9.59 Å². The van der Waals surface area contributed by atoms with E-state index in [1.165, 1.54) is 0 Å². The molecule has 3 aromatic carbocycles. The zero-order valence-corrected chi connectivity index (χ0v) is 20.8. The molecule has 0 aromatic heterocycles. The molecule has 0 aliphatic heterocycles. The van der Waals surface area contributed by atoms with Gasteiger partial charge in [0.05, 0.1) is 12.2 Å². The molecular weight excluding hydrogens is 480 g/mol. The molecule has 0 fully saturated rings. The molecule has 0 unspecified atom stereocenters. The number of benzene rings is 3. The minimum Gasteiger partial charge on any atom is -0.493 e. The third-order valence-electron chi connectivity index (χ3n) is 5.16. The fourth-order valence-corrected chi connectivity index (χ4v) is 3.67. The Morgan fingerprint density at radius 3 is 2.33 bits per heavy atom. The molecule has 0 radical (unpaired) electrons. The predicted octanol–water partition coefficient (Wildman–Crippen LogP) is 6.79. The number of hydrogen-bond acceptors (Lipinski definition) is 3. The van der Waals surface area contributed by atoms with E-state index in [0.29, 0.717) is 41.6 Å². The average molecular weight is 509 g/mol. The number of anilines is 2. The lowest BCUT2D eigenvalue weighted by molar-refractivity contribution is 0.0986. The minimum atomic E-state index is -0.269. The van der Waals surface area contributed by atoms with Gasteiger partial charge in [-0.1, -0.05) is 48.0 Å². The molecule has 0 saturated heterocycles. The third kappa shape index (κ3) is 6.68. The van der Waals surface area contributed by atoms with E-state index in [2.05, 4.69) is 35.1 Å². The molecule has 0 saturated carbocycles. The minimum absolute atomic E-state index is 0.0885. The van der Waals surface area contributed by atoms with Crippen molar-refractivity contribution in [3.63, 3.8) is 0 Å². The monoisotopic (exact) mass is 508 g/mol. The Balaban J connectivity index is 1.72. The zero-order chi connectivity index (χ0) is 23.8. The summed E-state index contributed by atoms with van der Waals surface area (Å²) in [5, 5.41) is 2.90. The van der Waals surface area contributed by atoms with Crippen molar-refractivity contribution < 1.29 is 14.3 Å². The molecule has 1 N–H and O–H groups in total. The third-order valence-corrected chi connectivity index (χ3v) is 5.65. The van der Waals surface area contributed by atoms with Gasteiger partial charge in [-0.3, -0.25) is 9.59 Å². The topological polar surface area (TPSA) is 58.6 Å². The lowest BCUT2D eigenvalue weighted by Gasteiger charge is -2.21. The average Bonchev–Trinajstić information content (AvgIpc) is 2.81. The van der Waals surface area contributed by atoms with Gasteiger partial charge in [0.2, 0.25) is 0 Å². The number of carbonyl (C=O) groups is 2. The van der Waals surface area contributed by atoms with E-state index in [1.54, 1.807) is 41.3 Å². The van der Waals surface area contributed by atoms with Gasteiger partial charge in [-0.05, 0) is 73.9 Å². The van der Waals surface area contributed by atoms with E-state index in [1.807, 2.05) is 43.3 Å². The molecule has 0 bridgehead atoms. The molecule has 0 aliphatic carbocycles. The zero-order valence-electron chi connectivity index (χ0n) is 19.2. The summed E-state index contributed by atoms with van der Waals surface area (Å²) in [6, 6.07) is 21.9. The first-order valence-electron chi connectivity index (χ1n) is 11.1. The first kappa shape index (κ1) is 24.5. The van der Waals surface area contributed by atoms with Crippen molar-refractivity contribution in [2.75, 3.05) is 23.4 Å². The maximum absolute atomic E-state index is 13.0. The second-order valence-electron chi connectivity index (χ2n) is 8.09. The molecule has 3 aromatic rings. The number of nitrogens with zero attached hydrogens (tertiary/aromatic N) is 1. The van der Waals surface area contributed by atoms with Crippen molar-refractivity contribution in [2.24, 2.45) is 5.92 Å². The molecule has 0 heterocycles. The summed E-state index contributed by atoms with van der Waals surface area (Å²) in [4.78, 5) is 27.7. The summed E-state index contributed by atoms with van der Waals surface area (Å²) < 4.78 is 6.66. The van der Waals surface area contributed by atoms with Gasteiger partial charge in [-0.2, -0.15) is 0 Å². The molecule has 172 valence electrons. The van der Waals surface area contributed by atoms with Gasteiger partial charge in [0, 0.05) is 28.0 Å². The van der Waals surface area contributed by atoms with Gasteiger partial charge in [0.15, 0.2) is 0 Å². The Kier molecular flexibility index (Phi) is 8.66. The molecular formula is C27H29BrN2O3. The Morgan fingerprint density at radius 1 is 1.00 bits per heavy atom. The number of carbonyl (C=O) groups excluding carboxylic acids is 2. The van der Waals surface area contributed by atoms with E-state index >= 15 is 0 Å². The maximum Gasteiger partial charge on any atom is 0.259 e. The lowest BCUT2D eigenvalue weighted by atomic mass is 10.1. The first-order valence-corrected chi connectivity index (χ1v) is 11.9. The highest BCUT2D eigenvalue weighted by Crippen LogP contribution is 2.25. The van der Waals surface area contributed by atoms with Crippen LogP contribution >= 0.6 is 15.9 Å². The maximum atomic E-state index is 13.0. The van der Waals surface area contributed by atoms with E-state index < -0.39 is 0 Å². The van der Waals surface area contributed by atoms with E-state index in [4.69, 9.17) is 4.74 Å². The van der Waals surface area contributed by atoms with Crippen LogP contribution in [0.4, 0.5) is 11.4 Å². The Hall–Kier alpha value is -3.12. The highest BCUT2D eigenvalue weighted by Gasteiger charge is 2.17. The van der Waals surface area contributed by atoms with Crippen LogP contribution < -0.4 is 15.0 Å². The van der Waals surface area contributed by atoms with Crippen molar-refractivity contribution in [2.45, 2.75) is 27.2 Å². The van der Waals surface area contributed by atoms with Crippen molar-refractivity contribution in [1.29, 1.82) is 0 Å². The summed E-state index contributed by atoms with van der Waals surface area (Å²) in [5.41, 5.74) is 2.46. The molecule has 6 heteroatoms. The Labute approximate surface area is 203 Å². The highest BCUT2D eigenvalue weighted by atomic mass is 79.9. The summed E-state index contributed by atoms with van der Waals surface area (Å²) in [7, 11) is 0. The first-order chi connectivity index (χ1) is 15.9. The van der Waals surface area contributed by atoms with Gasteiger partial charge in [0.1, 0.15) is 5.75 Å². The SMILES string of the molecule is CCN(C(=O)c1ccc(NC(=O)c2cc(Br)ccc2OCCC(C)C)cc1)c1ccccc1. The summed E-state index contributed by atoms with van der Waals surface area (Å²) >= 11 is 3.43. The normalized spacial score (nSPS) is 10.7. The summed E-state index contributed by atoms with van der Waals surface area (Å²) in [6.45, 7) is 7.31. The fourth-order valence-electron chi connectivity index (χ4n) is 3.31. The number of para-hydroxylation sites is 1. The fraction of sp³-hybridized carbons (Fsp3) is 0.259. The van der Waals surface area contributed by atoms with Crippen molar-refractivity contribution in [3.05, 3.63) is 88.4 Å². The van der Waals surface area contributed by atoms with Crippen LogP contribution in [0.15, 0.2) is 77.3 Å². The van der Waals surface area contributed by atoms with Crippen LogP contribution in [0, 0.1) is 5.92 Å². The predicted molar refractivity (Wildman–Crippen MR) is 137 cm³/mol. The van der Waals surface area contributed by atoms with Crippen LogP contribution in [0.25, 0.3) is 0 Å². The quantitative estimate of drug-likeness (QED) is 0.346. The van der Waals surface area contributed by atoms with E-state index in [0.717, 1.165) is 16.6 Å². The van der Waals surface area contributed by atoms with Crippen molar-refractivity contribution in [1.82, 2.24) is 0 Å². The van der Waals surface area contributed by atoms with Crippen molar-refractivity contribution in [3.8, 4) is 5.75 Å². The van der Waals surface area contributed by atoms with Gasteiger partial charge in [-0.15, -0.1) is 0 Å². The van der Waals surface area contributed by atoms with Crippen LogP contribution in [0.5, 0.6) is 5.75 Å². The van der Waals surface area contributed by atoms with Crippen LogP contribution in [-0.2, 0) is 0 Å². The van der Waals surface area contributed by atoms with Gasteiger partial charge < -0.3 is 15.0 Å². The molecule has 0 aliphatic rings. The highest BCUT2D eigenvalue weighted by molar-refractivity contribution is 9.10. The smallest absolute Gasteiger partial charge is 0.259 e. The lowest BCUT2D eigenvalue weighted by Crippen LogP contribution is -2.30.